The average Bonchev–Trinajstić information content (AvgIpc) is 3.12. The standard InChI is InChI=1S/C24H25ClO3/c25-21-3-1-2-4-22(21)27-15-20-6-5-19(28-20)7-8-23(26)24-12-16-9-17(13-24)11-18(10-16)14-24/h1-8,16-18H,9-15H2/b8-7+. The number of furan rings is 1. The van der Waals surface area contributed by atoms with Crippen LogP contribution < -0.4 is 4.74 Å². The van der Waals surface area contributed by atoms with Gasteiger partial charge in [0.05, 0.1) is 5.02 Å². The quantitative estimate of drug-likeness (QED) is 0.537. The maximum absolute atomic E-state index is 13.1. The van der Waals surface area contributed by atoms with E-state index in [2.05, 4.69) is 0 Å². The zero-order valence-corrected chi connectivity index (χ0v) is 16.7. The molecule has 0 radical (unpaired) electrons. The molecule has 1 aromatic heterocycles. The lowest BCUT2D eigenvalue weighted by Crippen LogP contribution is -2.49. The second kappa shape index (κ2) is 7.11. The summed E-state index contributed by atoms with van der Waals surface area (Å²) in [6, 6.07) is 11.1. The molecule has 0 amide bonds. The number of carbonyl (C=O) groups is 1. The fourth-order valence-electron chi connectivity index (χ4n) is 6.02. The summed E-state index contributed by atoms with van der Waals surface area (Å²) in [7, 11) is 0. The van der Waals surface area contributed by atoms with E-state index in [1.54, 1.807) is 12.1 Å². The Balaban J connectivity index is 1.23. The highest BCUT2D eigenvalue weighted by atomic mass is 35.5. The Hall–Kier alpha value is -2.00. The van der Waals surface area contributed by atoms with Crippen molar-refractivity contribution in [2.24, 2.45) is 23.2 Å². The van der Waals surface area contributed by atoms with E-state index < -0.39 is 0 Å². The third-order valence-corrected chi connectivity index (χ3v) is 7.16. The van der Waals surface area contributed by atoms with Gasteiger partial charge >= 0.3 is 0 Å². The number of ketones is 1. The van der Waals surface area contributed by atoms with E-state index in [4.69, 9.17) is 20.8 Å². The van der Waals surface area contributed by atoms with Gasteiger partial charge in [0.1, 0.15) is 23.9 Å². The first-order valence-corrected chi connectivity index (χ1v) is 10.7. The lowest BCUT2D eigenvalue weighted by atomic mass is 9.48. The number of para-hydroxylation sites is 1. The van der Waals surface area contributed by atoms with Gasteiger partial charge in [-0.15, -0.1) is 0 Å². The van der Waals surface area contributed by atoms with Crippen molar-refractivity contribution in [3.8, 4) is 5.75 Å². The summed E-state index contributed by atoms with van der Waals surface area (Å²) in [6.45, 7) is 0.306. The van der Waals surface area contributed by atoms with Gasteiger partial charge in [-0.05, 0) is 92.7 Å². The second-order valence-electron chi connectivity index (χ2n) is 8.92. The first-order chi connectivity index (χ1) is 13.6. The van der Waals surface area contributed by atoms with E-state index in [1.807, 2.05) is 36.4 Å². The minimum Gasteiger partial charge on any atom is -0.484 e. The van der Waals surface area contributed by atoms with Crippen LogP contribution in [0, 0.1) is 23.2 Å². The van der Waals surface area contributed by atoms with Gasteiger partial charge in [0.25, 0.3) is 0 Å². The minimum atomic E-state index is -0.0894. The van der Waals surface area contributed by atoms with E-state index in [0.29, 0.717) is 34.7 Å². The van der Waals surface area contributed by atoms with Crippen LogP contribution >= 0.6 is 11.6 Å². The van der Waals surface area contributed by atoms with Gasteiger partial charge in [-0.25, -0.2) is 0 Å². The van der Waals surface area contributed by atoms with Gasteiger partial charge in [-0.3, -0.25) is 4.79 Å². The molecule has 4 aliphatic rings. The molecule has 6 rings (SSSR count). The molecule has 0 aliphatic heterocycles. The summed E-state index contributed by atoms with van der Waals surface area (Å²) >= 11 is 6.10. The molecule has 4 bridgehead atoms. The van der Waals surface area contributed by atoms with E-state index >= 15 is 0 Å². The normalized spacial score (nSPS) is 30.8. The molecule has 4 saturated carbocycles. The number of halogens is 1. The highest BCUT2D eigenvalue weighted by molar-refractivity contribution is 6.32. The van der Waals surface area contributed by atoms with Gasteiger partial charge in [0.15, 0.2) is 5.78 Å². The van der Waals surface area contributed by atoms with Crippen LogP contribution in [0.4, 0.5) is 0 Å². The predicted octanol–water partition coefficient (Wildman–Crippen LogP) is 6.31. The molecule has 146 valence electrons. The third kappa shape index (κ3) is 3.41. The SMILES string of the molecule is O=C(/C=C/c1ccc(COc2ccccc2Cl)o1)C12CC3CC(CC(C3)C1)C2. The fourth-order valence-corrected chi connectivity index (χ4v) is 6.21. The van der Waals surface area contributed by atoms with Crippen molar-refractivity contribution in [2.45, 2.75) is 45.1 Å². The molecule has 4 heteroatoms. The minimum absolute atomic E-state index is 0.0894. The molecular formula is C24H25ClO3. The lowest BCUT2D eigenvalue weighted by molar-refractivity contribution is -0.138. The smallest absolute Gasteiger partial charge is 0.161 e. The molecule has 0 N–H and O–H groups in total. The molecule has 4 aliphatic carbocycles. The highest BCUT2D eigenvalue weighted by Gasteiger charge is 2.53. The van der Waals surface area contributed by atoms with Crippen molar-refractivity contribution in [3.63, 3.8) is 0 Å². The van der Waals surface area contributed by atoms with Crippen LogP contribution in [0.3, 0.4) is 0 Å². The molecule has 2 aromatic rings. The molecular weight excluding hydrogens is 372 g/mol. The first kappa shape index (κ1) is 18.1. The monoisotopic (exact) mass is 396 g/mol. The highest BCUT2D eigenvalue weighted by Crippen LogP contribution is 2.60. The number of rotatable bonds is 6. The number of ether oxygens (including phenoxy) is 1. The van der Waals surface area contributed by atoms with Crippen molar-refractivity contribution in [1.82, 2.24) is 0 Å². The molecule has 0 spiro atoms. The third-order valence-electron chi connectivity index (χ3n) is 6.85. The van der Waals surface area contributed by atoms with Crippen LogP contribution in [0.1, 0.15) is 50.0 Å². The van der Waals surface area contributed by atoms with Crippen LogP contribution in [-0.4, -0.2) is 5.78 Å². The van der Waals surface area contributed by atoms with Crippen LogP contribution in [0.2, 0.25) is 5.02 Å². The Morgan fingerprint density at radius 2 is 1.75 bits per heavy atom. The topological polar surface area (TPSA) is 39.4 Å². The number of hydrogen-bond acceptors (Lipinski definition) is 3. The van der Waals surface area contributed by atoms with Crippen LogP contribution in [0.5, 0.6) is 5.75 Å². The molecule has 1 heterocycles. The summed E-state index contributed by atoms with van der Waals surface area (Å²) in [5.41, 5.74) is -0.0894. The van der Waals surface area contributed by atoms with Gasteiger partial charge in [-0.2, -0.15) is 0 Å². The first-order valence-electron chi connectivity index (χ1n) is 10.3. The molecule has 28 heavy (non-hydrogen) atoms. The van der Waals surface area contributed by atoms with Gasteiger partial charge in [-0.1, -0.05) is 23.7 Å². The summed E-state index contributed by atoms with van der Waals surface area (Å²) in [5, 5.41) is 0.579. The van der Waals surface area contributed by atoms with Crippen molar-refractivity contribution in [1.29, 1.82) is 0 Å². The summed E-state index contributed by atoms with van der Waals surface area (Å²) in [6.07, 6.45) is 10.9. The van der Waals surface area contributed by atoms with Gasteiger partial charge in [0, 0.05) is 5.41 Å². The predicted molar refractivity (Wildman–Crippen MR) is 109 cm³/mol. The zero-order chi connectivity index (χ0) is 19.1. The van der Waals surface area contributed by atoms with E-state index in [0.717, 1.165) is 37.0 Å². The largest absolute Gasteiger partial charge is 0.484 e. The maximum Gasteiger partial charge on any atom is 0.161 e. The molecule has 0 saturated heterocycles. The van der Waals surface area contributed by atoms with E-state index in [9.17, 15) is 4.79 Å². The average molecular weight is 397 g/mol. The number of hydrogen-bond donors (Lipinski definition) is 0. The zero-order valence-electron chi connectivity index (χ0n) is 15.9. The molecule has 0 unspecified atom stereocenters. The van der Waals surface area contributed by atoms with E-state index in [1.165, 1.54) is 19.3 Å². The van der Waals surface area contributed by atoms with Gasteiger partial charge < -0.3 is 9.15 Å². The summed E-state index contributed by atoms with van der Waals surface area (Å²) < 4.78 is 11.5. The van der Waals surface area contributed by atoms with Crippen molar-refractivity contribution >= 4 is 23.5 Å². The lowest BCUT2D eigenvalue weighted by Gasteiger charge is -2.55. The maximum atomic E-state index is 13.1. The molecule has 4 fully saturated rings. The van der Waals surface area contributed by atoms with Crippen LogP contribution in [0.25, 0.3) is 6.08 Å². The van der Waals surface area contributed by atoms with Crippen LogP contribution in [-0.2, 0) is 11.4 Å². The van der Waals surface area contributed by atoms with E-state index in [-0.39, 0.29) is 5.41 Å². The number of allylic oxidation sites excluding steroid dienone is 1. The fraction of sp³-hybridized carbons (Fsp3) is 0.458. The van der Waals surface area contributed by atoms with Crippen molar-refractivity contribution in [2.75, 3.05) is 0 Å². The second-order valence-corrected chi connectivity index (χ2v) is 9.33. The van der Waals surface area contributed by atoms with Crippen molar-refractivity contribution < 1.29 is 13.9 Å². The summed E-state index contributed by atoms with van der Waals surface area (Å²) in [5.74, 6) is 4.67. The Morgan fingerprint density at radius 3 is 2.43 bits per heavy atom. The Labute approximate surface area is 170 Å². The summed E-state index contributed by atoms with van der Waals surface area (Å²) in [4.78, 5) is 13.1. The molecule has 1 aromatic carbocycles. The Morgan fingerprint density at radius 1 is 1.07 bits per heavy atom. The van der Waals surface area contributed by atoms with Crippen molar-refractivity contribution in [3.05, 3.63) is 59.0 Å². The number of carbonyl (C=O) groups excluding carboxylic acids is 1. The number of benzene rings is 1. The Kier molecular flexibility index (Phi) is 4.59. The molecule has 3 nitrogen and oxygen atoms in total. The molecule has 0 atom stereocenters. The van der Waals surface area contributed by atoms with Gasteiger partial charge in [0.2, 0.25) is 0 Å². The van der Waals surface area contributed by atoms with Crippen LogP contribution in [0.15, 0.2) is 46.9 Å². The Bertz CT molecular complexity index is 875.